The second kappa shape index (κ2) is 10.2. The monoisotopic (exact) mass is 420 g/mol. The molecule has 1 aliphatic heterocycles. The number of para-hydroxylation sites is 2. The van der Waals surface area contributed by atoms with E-state index in [-0.39, 0.29) is 18.4 Å². The van der Waals surface area contributed by atoms with Gasteiger partial charge in [-0.3, -0.25) is 9.59 Å². The highest BCUT2D eigenvalue weighted by Crippen LogP contribution is 2.17. The number of carbonyl (C=O) groups excluding carboxylic acids is 2. The van der Waals surface area contributed by atoms with E-state index in [0.717, 1.165) is 28.8 Å². The van der Waals surface area contributed by atoms with Gasteiger partial charge in [0.15, 0.2) is 0 Å². The van der Waals surface area contributed by atoms with Crippen LogP contribution in [0.5, 0.6) is 0 Å². The van der Waals surface area contributed by atoms with Crippen LogP contribution in [0.1, 0.15) is 17.8 Å². The molecule has 0 saturated carbocycles. The molecule has 1 aliphatic rings. The minimum Gasteiger partial charge on any atom is -0.378 e. The van der Waals surface area contributed by atoms with Gasteiger partial charge in [-0.25, -0.2) is 4.98 Å². The number of aryl methyl sites for hydroxylation is 1. The van der Waals surface area contributed by atoms with Crippen LogP contribution in [0.25, 0.3) is 11.0 Å². The lowest BCUT2D eigenvalue weighted by Gasteiger charge is -2.27. The molecule has 0 aliphatic carbocycles. The largest absolute Gasteiger partial charge is 0.378 e. The summed E-state index contributed by atoms with van der Waals surface area (Å²) in [5, 5.41) is 2.99. The Morgan fingerprint density at radius 3 is 2.52 bits per heavy atom. The predicted molar refractivity (Wildman–Crippen MR) is 119 cm³/mol. The molecule has 0 radical (unpaired) electrons. The van der Waals surface area contributed by atoms with E-state index in [1.54, 1.807) is 0 Å². The highest BCUT2D eigenvalue weighted by molar-refractivity contribution is 5.81. The van der Waals surface area contributed by atoms with Crippen LogP contribution in [0.15, 0.2) is 54.6 Å². The number of ether oxygens (including phenoxy) is 1. The molecule has 3 aromatic rings. The molecule has 2 aromatic carbocycles. The van der Waals surface area contributed by atoms with Crippen molar-refractivity contribution in [3.05, 3.63) is 66.0 Å². The van der Waals surface area contributed by atoms with Crippen LogP contribution in [-0.2, 0) is 33.7 Å². The molecule has 1 saturated heterocycles. The van der Waals surface area contributed by atoms with Crippen molar-refractivity contribution in [2.24, 2.45) is 0 Å². The molecule has 1 fully saturated rings. The summed E-state index contributed by atoms with van der Waals surface area (Å²) in [6.45, 7) is 3.15. The molecule has 2 amide bonds. The van der Waals surface area contributed by atoms with Gasteiger partial charge in [-0.05, 0) is 24.1 Å². The summed E-state index contributed by atoms with van der Waals surface area (Å²) in [6, 6.07) is 17.8. The second-order valence-electron chi connectivity index (χ2n) is 7.68. The standard InChI is InChI=1S/C24H28N4O3/c29-23(11-10-19-6-2-1-3-7-19)25-13-12-22-26-20-8-4-5-9-21(20)28(22)18-24(30)27-14-16-31-17-15-27/h1-9H,10-18H2,(H,25,29). The Bertz CT molecular complexity index is 1030. The lowest BCUT2D eigenvalue weighted by molar-refractivity contribution is -0.135. The Morgan fingerprint density at radius 2 is 1.71 bits per heavy atom. The Hall–Kier alpha value is -3.19. The SMILES string of the molecule is O=C(CCc1ccccc1)NCCc1nc2ccccc2n1CC(=O)N1CCOCC1. The molecule has 7 heteroatoms. The number of nitrogens with zero attached hydrogens (tertiary/aromatic N) is 3. The van der Waals surface area contributed by atoms with Gasteiger partial charge in [0.1, 0.15) is 12.4 Å². The van der Waals surface area contributed by atoms with Crippen molar-refractivity contribution in [2.75, 3.05) is 32.8 Å². The van der Waals surface area contributed by atoms with E-state index >= 15 is 0 Å². The number of rotatable bonds is 8. The number of morpholine rings is 1. The number of hydrogen-bond acceptors (Lipinski definition) is 4. The fourth-order valence-electron chi connectivity index (χ4n) is 3.85. The van der Waals surface area contributed by atoms with Crippen LogP contribution in [0.4, 0.5) is 0 Å². The van der Waals surface area contributed by atoms with Crippen molar-refractivity contribution in [2.45, 2.75) is 25.8 Å². The van der Waals surface area contributed by atoms with E-state index in [9.17, 15) is 9.59 Å². The molecule has 4 rings (SSSR count). The first kappa shape index (κ1) is 21.1. The number of nitrogens with one attached hydrogen (secondary N) is 1. The number of imidazole rings is 1. The van der Waals surface area contributed by atoms with E-state index in [1.165, 1.54) is 0 Å². The first-order valence-corrected chi connectivity index (χ1v) is 10.8. The summed E-state index contributed by atoms with van der Waals surface area (Å²) in [4.78, 5) is 31.6. The number of fused-ring (bicyclic) bond motifs is 1. The predicted octanol–water partition coefficient (Wildman–Crippen LogP) is 2.19. The lowest BCUT2D eigenvalue weighted by atomic mass is 10.1. The van der Waals surface area contributed by atoms with E-state index in [4.69, 9.17) is 9.72 Å². The molecule has 2 heterocycles. The Balaban J connectivity index is 1.37. The Kier molecular flexibility index (Phi) is 6.94. The number of carbonyl (C=O) groups is 2. The highest BCUT2D eigenvalue weighted by Gasteiger charge is 2.20. The zero-order valence-electron chi connectivity index (χ0n) is 17.6. The number of benzene rings is 2. The van der Waals surface area contributed by atoms with Crippen LogP contribution in [0.2, 0.25) is 0 Å². The molecule has 0 unspecified atom stereocenters. The summed E-state index contributed by atoms with van der Waals surface area (Å²) < 4.78 is 7.32. The average Bonchev–Trinajstić information content (AvgIpc) is 3.16. The quantitative estimate of drug-likeness (QED) is 0.606. The average molecular weight is 421 g/mol. The molecule has 0 atom stereocenters. The van der Waals surface area contributed by atoms with Crippen molar-refractivity contribution >= 4 is 22.8 Å². The molecule has 0 bridgehead atoms. The van der Waals surface area contributed by atoms with Gasteiger partial charge in [-0.1, -0.05) is 42.5 Å². The minimum atomic E-state index is 0.0240. The van der Waals surface area contributed by atoms with Crippen molar-refractivity contribution in [3.63, 3.8) is 0 Å². The van der Waals surface area contributed by atoms with E-state index in [1.807, 2.05) is 64.1 Å². The molecule has 1 N–H and O–H groups in total. The Morgan fingerprint density at radius 1 is 0.968 bits per heavy atom. The van der Waals surface area contributed by atoms with Crippen molar-refractivity contribution in [1.82, 2.24) is 19.8 Å². The van der Waals surface area contributed by atoms with Gasteiger partial charge in [0, 0.05) is 32.5 Å². The van der Waals surface area contributed by atoms with Gasteiger partial charge >= 0.3 is 0 Å². The van der Waals surface area contributed by atoms with E-state index in [2.05, 4.69) is 5.32 Å². The van der Waals surface area contributed by atoms with Crippen LogP contribution in [0, 0.1) is 0 Å². The van der Waals surface area contributed by atoms with E-state index in [0.29, 0.717) is 45.7 Å². The minimum absolute atomic E-state index is 0.0240. The summed E-state index contributed by atoms with van der Waals surface area (Å²) >= 11 is 0. The van der Waals surface area contributed by atoms with E-state index < -0.39 is 0 Å². The zero-order chi connectivity index (χ0) is 21.5. The van der Waals surface area contributed by atoms with Crippen LogP contribution in [-0.4, -0.2) is 59.1 Å². The number of aromatic nitrogens is 2. The third kappa shape index (κ3) is 5.49. The topological polar surface area (TPSA) is 76.5 Å². The second-order valence-corrected chi connectivity index (χ2v) is 7.68. The molecule has 31 heavy (non-hydrogen) atoms. The van der Waals surface area contributed by atoms with Crippen LogP contribution in [0.3, 0.4) is 0 Å². The summed E-state index contributed by atoms with van der Waals surface area (Å²) in [7, 11) is 0. The zero-order valence-corrected chi connectivity index (χ0v) is 17.6. The smallest absolute Gasteiger partial charge is 0.242 e. The fraction of sp³-hybridized carbons (Fsp3) is 0.375. The fourth-order valence-corrected chi connectivity index (χ4v) is 3.85. The molecule has 162 valence electrons. The number of hydrogen-bond donors (Lipinski definition) is 1. The van der Waals surface area contributed by atoms with Crippen molar-refractivity contribution in [1.29, 1.82) is 0 Å². The maximum Gasteiger partial charge on any atom is 0.242 e. The first-order chi connectivity index (χ1) is 15.2. The molecular weight excluding hydrogens is 392 g/mol. The van der Waals surface area contributed by atoms with Crippen molar-refractivity contribution < 1.29 is 14.3 Å². The maximum atomic E-state index is 12.8. The van der Waals surface area contributed by atoms with Crippen LogP contribution >= 0.6 is 0 Å². The number of amides is 2. The molecule has 0 spiro atoms. The summed E-state index contributed by atoms with van der Waals surface area (Å²) in [6.07, 6.45) is 1.75. The van der Waals surface area contributed by atoms with Crippen molar-refractivity contribution in [3.8, 4) is 0 Å². The molecule has 1 aromatic heterocycles. The van der Waals surface area contributed by atoms with Gasteiger partial charge in [-0.2, -0.15) is 0 Å². The normalized spacial score (nSPS) is 14.0. The maximum absolute atomic E-state index is 12.8. The van der Waals surface area contributed by atoms with Gasteiger partial charge in [0.2, 0.25) is 11.8 Å². The summed E-state index contributed by atoms with van der Waals surface area (Å²) in [5.74, 6) is 0.904. The molecular formula is C24H28N4O3. The lowest BCUT2D eigenvalue weighted by Crippen LogP contribution is -2.42. The third-order valence-electron chi connectivity index (χ3n) is 5.55. The van der Waals surface area contributed by atoms with Gasteiger partial charge < -0.3 is 19.5 Å². The van der Waals surface area contributed by atoms with Crippen LogP contribution < -0.4 is 5.32 Å². The molecule has 7 nitrogen and oxygen atoms in total. The van der Waals surface area contributed by atoms with Gasteiger partial charge in [0.05, 0.1) is 24.2 Å². The Labute approximate surface area is 182 Å². The van der Waals surface area contributed by atoms with Gasteiger partial charge in [0.25, 0.3) is 0 Å². The third-order valence-corrected chi connectivity index (χ3v) is 5.55. The first-order valence-electron chi connectivity index (χ1n) is 10.8. The summed E-state index contributed by atoms with van der Waals surface area (Å²) in [5.41, 5.74) is 2.96. The van der Waals surface area contributed by atoms with Gasteiger partial charge in [-0.15, -0.1) is 0 Å². The highest BCUT2D eigenvalue weighted by atomic mass is 16.5.